The van der Waals surface area contributed by atoms with E-state index in [1.807, 2.05) is 0 Å². The maximum absolute atomic E-state index is 10.9. The van der Waals surface area contributed by atoms with Crippen molar-refractivity contribution < 1.29 is 8.42 Å². The summed E-state index contributed by atoms with van der Waals surface area (Å²) in [7, 11) is -3.08. The molecule has 0 saturated heterocycles. The van der Waals surface area contributed by atoms with Gasteiger partial charge in [0.15, 0.2) is 0 Å². The molecule has 0 aliphatic rings. The molecule has 0 amide bonds. The van der Waals surface area contributed by atoms with Crippen molar-refractivity contribution in [1.29, 1.82) is 0 Å². The molecule has 60 valence electrons. The Morgan fingerprint density at radius 3 is 2.40 bits per heavy atom. The minimum absolute atomic E-state index is 0.306. The van der Waals surface area contributed by atoms with Crippen molar-refractivity contribution >= 4 is 10.0 Å². The van der Waals surface area contributed by atoms with Gasteiger partial charge in [0.25, 0.3) is 0 Å². The molecule has 0 aromatic carbocycles. The van der Waals surface area contributed by atoms with Gasteiger partial charge in [-0.1, -0.05) is 6.08 Å². The Bertz CT molecular complexity index is 194. The molecule has 0 rings (SSSR count). The first-order chi connectivity index (χ1) is 4.50. The van der Waals surface area contributed by atoms with E-state index in [0.717, 1.165) is 0 Å². The lowest BCUT2D eigenvalue weighted by molar-refractivity contribution is 0.576. The number of hydrogen-bond donors (Lipinski definition) is 1. The molecule has 0 fully saturated rings. The lowest BCUT2D eigenvalue weighted by Gasteiger charge is -2.06. The monoisotopic (exact) mass is 163 g/mol. The molecular formula is C6H13NO2S. The van der Waals surface area contributed by atoms with E-state index < -0.39 is 10.0 Å². The average molecular weight is 163 g/mol. The van der Waals surface area contributed by atoms with Gasteiger partial charge >= 0.3 is 0 Å². The molecule has 0 aromatic heterocycles. The van der Waals surface area contributed by atoms with Gasteiger partial charge in [-0.2, -0.15) is 0 Å². The predicted molar refractivity (Wildman–Crippen MR) is 42.3 cm³/mol. The fourth-order valence-electron chi connectivity index (χ4n) is 0.342. The van der Waals surface area contributed by atoms with E-state index in [9.17, 15) is 8.42 Å². The van der Waals surface area contributed by atoms with Crippen molar-refractivity contribution in [2.45, 2.75) is 19.1 Å². The Kier molecular flexibility index (Phi) is 3.60. The molecule has 0 atom stereocenters. The van der Waals surface area contributed by atoms with E-state index in [-0.39, 0.29) is 5.25 Å². The molecule has 0 radical (unpaired) electrons. The molecule has 0 aliphatic heterocycles. The summed E-state index contributed by atoms with van der Waals surface area (Å²) >= 11 is 0. The normalized spacial score (nSPS) is 11.9. The molecule has 1 N–H and O–H groups in total. The first-order valence-corrected chi connectivity index (χ1v) is 4.64. The van der Waals surface area contributed by atoms with Crippen molar-refractivity contribution in [3.8, 4) is 0 Å². The number of sulfonamides is 1. The molecule has 0 heterocycles. The zero-order chi connectivity index (χ0) is 8.20. The fourth-order valence-corrected chi connectivity index (χ4v) is 1.03. The molecule has 0 aromatic rings. The summed E-state index contributed by atoms with van der Waals surface area (Å²) in [5.41, 5.74) is 0. The van der Waals surface area contributed by atoms with Crippen LogP contribution in [0.15, 0.2) is 12.7 Å². The second-order valence-corrected chi connectivity index (χ2v) is 4.55. The summed E-state index contributed by atoms with van der Waals surface area (Å²) in [5, 5.41) is -0.368. The SMILES string of the molecule is C=CCNS(=O)(=O)C(C)C. The molecule has 10 heavy (non-hydrogen) atoms. The van der Waals surface area contributed by atoms with Gasteiger partial charge in [0.2, 0.25) is 10.0 Å². The van der Waals surface area contributed by atoms with Crippen molar-refractivity contribution in [2.75, 3.05) is 6.54 Å². The van der Waals surface area contributed by atoms with Crippen LogP contribution in [0.1, 0.15) is 13.8 Å². The van der Waals surface area contributed by atoms with E-state index in [4.69, 9.17) is 0 Å². The minimum atomic E-state index is -3.08. The first-order valence-electron chi connectivity index (χ1n) is 3.10. The molecule has 0 saturated carbocycles. The van der Waals surface area contributed by atoms with Gasteiger partial charge in [0.1, 0.15) is 0 Å². The van der Waals surface area contributed by atoms with Crippen LogP contribution >= 0.6 is 0 Å². The van der Waals surface area contributed by atoms with Crippen LogP contribution in [0.5, 0.6) is 0 Å². The molecule has 0 aliphatic carbocycles. The smallest absolute Gasteiger partial charge is 0.212 e. The molecule has 0 bridgehead atoms. The maximum Gasteiger partial charge on any atom is 0.214 e. The summed E-state index contributed by atoms with van der Waals surface area (Å²) in [6, 6.07) is 0. The zero-order valence-electron chi connectivity index (χ0n) is 6.29. The van der Waals surface area contributed by atoms with Crippen molar-refractivity contribution in [3.63, 3.8) is 0 Å². The van der Waals surface area contributed by atoms with Gasteiger partial charge in [0.05, 0.1) is 5.25 Å². The highest BCUT2D eigenvalue weighted by molar-refractivity contribution is 7.90. The first kappa shape index (κ1) is 9.65. The van der Waals surface area contributed by atoms with Crippen LogP contribution in [0.3, 0.4) is 0 Å². The quantitative estimate of drug-likeness (QED) is 0.613. The van der Waals surface area contributed by atoms with Gasteiger partial charge in [-0.05, 0) is 13.8 Å². The van der Waals surface area contributed by atoms with E-state index in [1.165, 1.54) is 6.08 Å². The van der Waals surface area contributed by atoms with Crippen LogP contribution in [0, 0.1) is 0 Å². The zero-order valence-corrected chi connectivity index (χ0v) is 7.11. The Balaban J connectivity index is 4.02. The molecule has 3 nitrogen and oxygen atoms in total. The largest absolute Gasteiger partial charge is 0.214 e. The summed E-state index contributed by atoms with van der Waals surface area (Å²) in [5.74, 6) is 0. The highest BCUT2D eigenvalue weighted by Gasteiger charge is 2.12. The van der Waals surface area contributed by atoms with Crippen LogP contribution in [0.2, 0.25) is 0 Å². The summed E-state index contributed by atoms with van der Waals surface area (Å²) in [6.45, 7) is 6.96. The summed E-state index contributed by atoms with van der Waals surface area (Å²) < 4.78 is 24.2. The van der Waals surface area contributed by atoms with Gasteiger partial charge < -0.3 is 0 Å². The predicted octanol–water partition coefficient (Wildman–Crippen LogP) is 0.500. The van der Waals surface area contributed by atoms with Crippen LogP contribution in [0.4, 0.5) is 0 Å². The number of rotatable bonds is 4. The Morgan fingerprint density at radius 1 is 1.60 bits per heavy atom. The second kappa shape index (κ2) is 3.73. The Morgan fingerprint density at radius 2 is 2.10 bits per heavy atom. The van der Waals surface area contributed by atoms with Gasteiger partial charge in [0, 0.05) is 6.54 Å². The third-order valence-corrected chi connectivity index (χ3v) is 2.86. The molecule has 0 unspecified atom stereocenters. The van der Waals surface area contributed by atoms with Crippen LogP contribution in [-0.4, -0.2) is 20.2 Å². The average Bonchev–Trinajstić information content (AvgIpc) is 1.84. The van der Waals surface area contributed by atoms with Gasteiger partial charge in [-0.15, -0.1) is 6.58 Å². The topological polar surface area (TPSA) is 46.2 Å². The summed E-state index contributed by atoms with van der Waals surface area (Å²) in [6.07, 6.45) is 1.51. The number of hydrogen-bond acceptors (Lipinski definition) is 2. The fraction of sp³-hybridized carbons (Fsp3) is 0.667. The third kappa shape index (κ3) is 2.98. The van der Waals surface area contributed by atoms with E-state index in [2.05, 4.69) is 11.3 Å². The molecular weight excluding hydrogens is 150 g/mol. The van der Waals surface area contributed by atoms with Crippen LogP contribution in [0.25, 0.3) is 0 Å². The van der Waals surface area contributed by atoms with Crippen LogP contribution < -0.4 is 4.72 Å². The lowest BCUT2D eigenvalue weighted by Crippen LogP contribution is -2.30. The second-order valence-electron chi connectivity index (χ2n) is 2.23. The lowest BCUT2D eigenvalue weighted by atomic mass is 10.6. The van der Waals surface area contributed by atoms with E-state index in [0.29, 0.717) is 6.54 Å². The van der Waals surface area contributed by atoms with E-state index >= 15 is 0 Å². The minimum Gasteiger partial charge on any atom is -0.212 e. The van der Waals surface area contributed by atoms with Crippen molar-refractivity contribution in [3.05, 3.63) is 12.7 Å². The van der Waals surface area contributed by atoms with Gasteiger partial charge in [-0.25, -0.2) is 13.1 Å². The van der Waals surface area contributed by atoms with E-state index in [1.54, 1.807) is 13.8 Å². The van der Waals surface area contributed by atoms with Crippen molar-refractivity contribution in [1.82, 2.24) is 4.72 Å². The molecule has 0 spiro atoms. The standard InChI is InChI=1S/C6H13NO2S/c1-4-5-7-10(8,9)6(2)3/h4,6-7H,1,5H2,2-3H3. The summed E-state index contributed by atoms with van der Waals surface area (Å²) in [4.78, 5) is 0. The maximum atomic E-state index is 10.9. The third-order valence-electron chi connectivity index (χ3n) is 1.05. The molecule has 4 heteroatoms. The van der Waals surface area contributed by atoms with Crippen LogP contribution in [-0.2, 0) is 10.0 Å². The Labute approximate surface area is 62.2 Å². The highest BCUT2D eigenvalue weighted by atomic mass is 32.2. The van der Waals surface area contributed by atoms with Crippen molar-refractivity contribution in [2.24, 2.45) is 0 Å². The number of nitrogens with one attached hydrogen (secondary N) is 1. The highest BCUT2D eigenvalue weighted by Crippen LogP contribution is 1.94. The Hall–Kier alpha value is -0.350. The van der Waals surface area contributed by atoms with Gasteiger partial charge in [-0.3, -0.25) is 0 Å².